The minimum Gasteiger partial charge on any atom is -0.332 e. The van der Waals surface area contributed by atoms with Crippen molar-refractivity contribution in [3.8, 4) is 22.6 Å². The summed E-state index contributed by atoms with van der Waals surface area (Å²) in [6.45, 7) is 4.60. The zero-order chi connectivity index (χ0) is 25.6. The van der Waals surface area contributed by atoms with Crippen molar-refractivity contribution in [3.05, 3.63) is 82.2 Å². The normalized spacial score (nSPS) is 11.7. The minimum atomic E-state index is -3.04. The van der Waals surface area contributed by atoms with Gasteiger partial charge in [0.2, 0.25) is 0 Å². The summed E-state index contributed by atoms with van der Waals surface area (Å²) in [7, 11) is 1.74. The molecule has 0 bridgehead atoms. The molecule has 0 aliphatic carbocycles. The molecule has 4 aromatic heterocycles. The molecular weight excluding hydrogens is 466 g/mol. The molecule has 1 N–H and O–H groups in total. The molecule has 5 aromatic rings. The third-order valence-corrected chi connectivity index (χ3v) is 5.91. The van der Waals surface area contributed by atoms with Gasteiger partial charge in [-0.25, -0.2) is 0 Å². The number of hydrogen-bond acceptors (Lipinski definition) is 7. The zero-order valence-electron chi connectivity index (χ0n) is 20.0. The Bertz CT molecular complexity index is 1650. The van der Waals surface area contributed by atoms with Gasteiger partial charge >= 0.3 is 0 Å². The van der Waals surface area contributed by atoms with Crippen molar-refractivity contribution in [1.82, 2.24) is 24.7 Å². The van der Waals surface area contributed by atoms with Crippen molar-refractivity contribution in [2.45, 2.75) is 26.7 Å². The molecule has 5 rings (SSSR count). The number of aromatic nitrogens is 5. The maximum Gasteiger partial charge on any atom is 0.286 e. The number of anilines is 2. The summed E-state index contributed by atoms with van der Waals surface area (Å²) in [6.07, 6.45) is 3.02. The SMILES string of the molecule is Cc1cc2c(cn1)cc(-c1cc(Nc3noc(-c4ccc(C(C)(F)F)nc4)n3)ccc1C)c(=O)n2C. The summed E-state index contributed by atoms with van der Waals surface area (Å²) < 4.78 is 33.7. The number of rotatable bonds is 5. The van der Waals surface area contributed by atoms with Gasteiger partial charge in [-0.3, -0.25) is 14.8 Å². The topological polar surface area (TPSA) is 98.7 Å². The highest BCUT2D eigenvalue weighted by atomic mass is 19.3. The van der Waals surface area contributed by atoms with Crippen LogP contribution in [0.2, 0.25) is 0 Å². The van der Waals surface area contributed by atoms with Crippen LogP contribution >= 0.6 is 0 Å². The lowest BCUT2D eigenvalue weighted by atomic mass is 9.99. The molecule has 36 heavy (non-hydrogen) atoms. The van der Waals surface area contributed by atoms with Crippen molar-refractivity contribution < 1.29 is 13.3 Å². The number of nitrogens with zero attached hydrogens (tertiary/aromatic N) is 5. The molecule has 10 heteroatoms. The number of pyridine rings is 3. The van der Waals surface area contributed by atoms with E-state index in [2.05, 4.69) is 25.4 Å². The fourth-order valence-corrected chi connectivity index (χ4v) is 3.95. The molecule has 182 valence electrons. The molecule has 0 fully saturated rings. The first-order chi connectivity index (χ1) is 17.1. The monoisotopic (exact) mass is 488 g/mol. The van der Waals surface area contributed by atoms with Gasteiger partial charge in [0.15, 0.2) is 0 Å². The molecule has 0 saturated carbocycles. The smallest absolute Gasteiger partial charge is 0.286 e. The van der Waals surface area contributed by atoms with E-state index in [1.165, 1.54) is 18.3 Å². The van der Waals surface area contributed by atoms with E-state index >= 15 is 0 Å². The lowest BCUT2D eigenvalue weighted by Gasteiger charge is -2.12. The summed E-state index contributed by atoms with van der Waals surface area (Å²) in [4.78, 5) is 25.6. The molecule has 4 heterocycles. The van der Waals surface area contributed by atoms with E-state index in [1.54, 1.807) is 17.8 Å². The second-order valence-electron chi connectivity index (χ2n) is 8.71. The van der Waals surface area contributed by atoms with Crippen LogP contribution in [0.15, 0.2) is 64.2 Å². The van der Waals surface area contributed by atoms with E-state index in [1.807, 2.05) is 44.2 Å². The molecule has 0 unspecified atom stereocenters. The largest absolute Gasteiger partial charge is 0.332 e. The first-order valence-electron chi connectivity index (χ1n) is 11.1. The Kier molecular flexibility index (Phi) is 5.58. The first-order valence-corrected chi connectivity index (χ1v) is 11.1. The number of aryl methyl sites for hydroxylation is 3. The minimum absolute atomic E-state index is 0.121. The van der Waals surface area contributed by atoms with Crippen LogP contribution in [-0.2, 0) is 13.0 Å². The average molecular weight is 488 g/mol. The molecule has 1 aromatic carbocycles. The molecule has 0 spiro atoms. The van der Waals surface area contributed by atoms with Crippen molar-refractivity contribution in [1.29, 1.82) is 0 Å². The van der Waals surface area contributed by atoms with Gasteiger partial charge in [-0.05, 0) is 66.5 Å². The number of fused-ring (bicyclic) bond motifs is 1. The Morgan fingerprint density at radius 1 is 1.00 bits per heavy atom. The van der Waals surface area contributed by atoms with E-state index in [0.717, 1.165) is 34.6 Å². The van der Waals surface area contributed by atoms with Crippen LogP contribution < -0.4 is 10.9 Å². The fraction of sp³-hybridized carbons (Fsp3) is 0.192. The Labute approximate surface area is 204 Å². The highest BCUT2D eigenvalue weighted by molar-refractivity contribution is 5.85. The number of alkyl halides is 2. The predicted octanol–water partition coefficient (Wildman–Crippen LogP) is 5.52. The van der Waals surface area contributed by atoms with E-state index in [-0.39, 0.29) is 23.1 Å². The van der Waals surface area contributed by atoms with Crippen LogP contribution in [0.4, 0.5) is 20.4 Å². The Balaban J connectivity index is 1.46. The maximum absolute atomic E-state index is 13.4. The van der Waals surface area contributed by atoms with Gasteiger partial charge in [-0.1, -0.05) is 6.07 Å². The standard InChI is InChI=1S/C26H22F2N6O2/c1-14-5-7-18(11-19(14)20-10-17-13-29-15(2)9-21(17)34(4)24(20)35)31-25-32-23(36-33-25)16-6-8-22(30-12-16)26(3,27)28/h5-13H,1-4H3,(H,31,33). The zero-order valence-corrected chi connectivity index (χ0v) is 20.0. The van der Waals surface area contributed by atoms with E-state index in [9.17, 15) is 13.6 Å². The van der Waals surface area contributed by atoms with Crippen molar-refractivity contribution in [3.63, 3.8) is 0 Å². The van der Waals surface area contributed by atoms with Crippen LogP contribution in [0.1, 0.15) is 23.9 Å². The predicted molar refractivity (Wildman–Crippen MR) is 132 cm³/mol. The second-order valence-corrected chi connectivity index (χ2v) is 8.71. The van der Waals surface area contributed by atoms with Gasteiger partial charge in [0, 0.05) is 48.7 Å². The summed E-state index contributed by atoms with van der Waals surface area (Å²) in [5.41, 5.74) is 4.46. The Hall–Kier alpha value is -4.47. The van der Waals surface area contributed by atoms with Crippen LogP contribution in [0.25, 0.3) is 33.5 Å². The summed E-state index contributed by atoms with van der Waals surface area (Å²) in [5, 5.41) is 7.85. The number of nitrogens with one attached hydrogen (secondary N) is 1. The molecular formula is C26H22F2N6O2. The number of benzene rings is 1. The Morgan fingerprint density at radius 2 is 1.81 bits per heavy atom. The molecule has 8 nitrogen and oxygen atoms in total. The van der Waals surface area contributed by atoms with E-state index in [0.29, 0.717) is 16.8 Å². The van der Waals surface area contributed by atoms with Crippen molar-refractivity contribution in [2.75, 3.05) is 5.32 Å². The third kappa shape index (κ3) is 4.33. The lowest BCUT2D eigenvalue weighted by Crippen LogP contribution is -2.19. The summed E-state index contributed by atoms with van der Waals surface area (Å²) in [6, 6.07) is 12.0. The average Bonchev–Trinajstić information content (AvgIpc) is 3.31. The Morgan fingerprint density at radius 3 is 2.53 bits per heavy atom. The summed E-state index contributed by atoms with van der Waals surface area (Å²) in [5.74, 6) is -2.73. The van der Waals surface area contributed by atoms with Gasteiger partial charge < -0.3 is 14.4 Å². The maximum atomic E-state index is 13.4. The van der Waals surface area contributed by atoms with Crippen molar-refractivity contribution in [2.24, 2.45) is 7.05 Å². The molecule has 0 atom stereocenters. The van der Waals surface area contributed by atoms with Gasteiger partial charge in [-0.2, -0.15) is 13.8 Å². The molecule has 0 radical (unpaired) electrons. The van der Waals surface area contributed by atoms with E-state index in [4.69, 9.17) is 4.52 Å². The lowest BCUT2D eigenvalue weighted by molar-refractivity contribution is 0.0128. The third-order valence-electron chi connectivity index (χ3n) is 5.91. The van der Waals surface area contributed by atoms with Gasteiger partial charge in [0.05, 0.1) is 11.1 Å². The van der Waals surface area contributed by atoms with Crippen LogP contribution in [0.5, 0.6) is 0 Å². The summed E-state index contributed by atoms with van der Waals surface area (Å²) >= 11 is 0. The van der Waals surface area contributed by atoms with Gasteiger partial charge in [0.1, 0.15) is 5.69 Å². The van der Waals surface area contributed by atoms with Gasteiger partial charge in [0.25, 0.3) is 23.3 Å². The molecule has 0 amide bonds. The molecule has 0 aliphatic rings. The van der Waals surface area contributed by atoms with Crippen LogP contribution in [-0.4, -0.2) is 24.7 Å². The molecule has 0 aliphatic heterocycles. The quantitative estimate of drug-likeness (QED) is 0.348. The highest BCUT2D eigenvalue weighted by Gasteiger charge is 2.26. The number of hydrogen-bond donors (Lipinski definition) is 1. The highest BCUT2D eigenvalue weighted by Crippen LogP contribution is 2.29. The van der Waals surface area contributed by atoms with Crippen LogP contribution in [0.3, 0.4) is 0 Å². The molecule has 0 saturated heterocycles. The van der Waals surface area contributed by atoms with Crippen molar-refractivity contribution >= 4 is 22.5 Å². The second kappa shape index (κ2) is 8.63. The van der Waals surface area contributed by atoms with E-state index < -0.39 is 5.92 Å². The van der Waals surface area contributed by atoms with Gasteiger partial charge in [-0.15, -0.1) is 0 Å². The number of halogens is 2. The first kappa shape index (κ1) is 23.3. The van der Waals surface area contributed by atoms with Crippen LogP contribution in [0, 0.1) is 13.8 Å². The fourth-order valence-electron chi connectivity index (χ4n) is 3.95.